The Morgan fingerprint density at radius 2 is 1.93 bits per heavy atom. The maximum absolute atomic E-state index is 15.3. The fraction of sp³-hybridized carbons (Fsp3) is 0.355. The number of ether oxygens (including phenoxy) is 2. The summed E-state index contributed by atoms with van der Waals surface area (Å²) in [5, 5.41) is 18.0. The Balaban J connectivity index is 2.03. The Bertz CT molecular complexity index is 1850. The van der Waals surface area contributed by atoms with Crippen LogP contribution in [0.15, 0.2) is 41.3 Å². The molecule has 12 nitrogen and oxygen atoms in total. The van der Waals surface area contributed by atoms with Gasteiger partial charge in [-0.3, -0.25) is 24.5 Å². The van der Waals surface area contributed by atoms with Crippen molar-refractivity contribution in [3.63, 3.8) is 0 Å². The van der Waals surface area contributed by atoms with Gasteiger partial charge in [-0.1, -0.05) is 31.5 Å². The molecule has 0 fully saturated rings. The van der Waals surface area contributed by atoms with Crippen LogP contribution in [0.1, 0.15) is 51.8 Å². The van der Waals surface area contributed by atoms with E-state index in [4.69, 9.17) is 21.1 Å². The third-order valence-corrected chi connectivity index (χ3v) is 7.00. The molecule has 0 aliphatic rings. The number of aromatic nitrogens is 3. The molecule has 0 atom stereocenters. The number of nitrogens with zero attached hydrogens (tertiary/aromatic N) is 4. The third kappa shape index (κ3) is 6.83. The molecular formula is C31H34ClFN6O6. The average Bonchev–Trinajstić information content (AvgIpc) is 2.94. The summed E-state index contributed by atoms with van der Waals surface area (Å²) in [7, 11) is 1.37. The highest BCUT2D eigenvalue weighted by Gasteiger charge is 2.31. The Morgan fingerprint density at radius 1 is 1.22 bits per heavy atom. The van der Waals surface area contributed by atoms with Crippen molar-refractivity contribution in [2.75, 3.05) is 25.5 Å². The highest BCUT2D eigenvalue weighted by Crippen LogP contribution is 2.40. The van der Waals surface area contributed by atoms with Crippen LogP contribution in [0.25, 0.3) is 28.0 Å². The number of benzene rings is 1. The third-order valence-electron chi connectivity index (χ3n) is 6.71. The minimum absolute atomic E-state index is 0.00151. The summed E-state index contributed by atoms with van der Waals surface area (Å²) in [5.74, 6) is -0.714. The molecule has 0 saturated heterocycles. The molecule has 0 aliphatic heterocycles. The molecule has 14 heteroatoms. The van der Waals surface area contributed by atoms with Crippen molar-refractivity contribution in [1.29, 1.82) is 0 Å². The maximum Gasteiger partial charge on any atom is 0.407 e. The van der Waals surface area contributed by atoms with Gasteiger partial charge in [-0.15, -0.1) is 0 Å². The van der Waals surface area contributed by atoms with Crippen LogP contribution >= 0.6 is 11.6 Å². The van der Waals surface area contributed by atoms with Gasteiger partial charge in [0, 0.05) is 24.7 Å². The van der Waals surface area contributed by atoms with Gasteiger partial charge in [0.2, 0.25) is 0 Å². The molecule has 1 amide bonds. The Hall–Kier alpha value is -4.78. The van der Waals surface area contributed by atoms with Crippen LogP contribution < -0.4 is 20.9 Å². The zero-order chi connectivity index (χ0) is 33.2. The fourth-order valence-electron chi connectivity index (χ4n) is 4.86. The van der Waals surface area contributed by atoms with Crippen molar-refractivity contribution in [3.05, 3.63) is 79.1 Å². The number of methoxy groups -OCH3 is 1. The molecule has 0 unspecified atom stereocenters. The van der Waals surface area contributed by atoms with Crippen LogP contribution in [0.4, 0.5) is 20.6 Å². The van der Waals surface area contributed by atoms with Gasteiger partial charge in [-0.25, -0.2) is 14.2 Å². The molecule has 238 valence electrons. The van der Waals surface area contributed by atoms with Crippen LogP contribution in [0.2, 0.25) is 5.02 Å². The van der Waals surface area contributed by atoms with Crippen molar-refractivity contribution in [1.82, 2.24) is 19.9 Å². The first-order chi connectivity index (χ1) is 21.2. The number of anilines is 1. The lowest BCUT2D eigenvalue weighted by Crippen LogP contribution is -2.35. The monoisotopic (exact) mass is 640 g/mol. The Kier molecular flexibility index (Phi) is 9.62. The summed E-state index contributed by atoms with van der Waals surface area (Å²) in [6.45, 7) is 10.6. The highest BCUT2D eigenvalue weighted by atomic mass is 35.5. The lowest BCUT2D eigenvalue weighted by molar-refractivity contribution is -0.385. The van der Waals surface area contributed by atoms with Gasteiger partial charge >= 0.3 is 17.3 Å². The number of hydrogen-bond acceptors (Lipinski definition) is 9. The summed E-state index contributed by atoms with van der Waals surface area (Å²) >= 11 is 6.70. The van der Waals surface area contributed by atoms with Crippen molar-refractivity contribution in [2.24, 2.45) is 0 Å². The summed E-state index contributed by atoms with van der Waals surface area (Å²) in [4.78, 5) is 47.2. The lowest BCUT2D eigenvalue weighted by atomic mass is 10.0. The zero-order valence-corrected chi connectivity index (χ0v) is 26.7. The van der Waals surface area contributed by atoms with E-state index in [0.717, 1.165) is 4.57 Å². The smallest absolute Gasteiger partial charge is 0.407 e. The first-order valence-corrected chi connectivity index (χ1v) is 14.5. The van der Waals surface area contributed by atoms with E-state index in [1.165, 1.54) is 31.4 Å². The van der Waals surface area contributed by atoms with Crippen LogP contribution in [0, 0.1) is 22.9 Å². The van der Waals surface area contributed by atoms with Gasteiger partial charge in [0.25, 0.3) is 0 Å². The topological polar surface area (TPSA) is 151 Å². The Labute approximate surface area is 263 Å². The van der Waals surface area contributed by atoms with Crippen LogP contribution in [0.3, 0.4) is 0 Å². The molecular weight excluding hydrogens is 607 g/mol. The number of alkyl carbamates (subject to hydrolysis) is 1. The second kappa shape index (κ2) is 13.1. The van der Waals surface area contributed by atoms with Gasteiger partial charge in [-0.2, -0.15) is 0 Å². The summed E-state index contributed by atoms with van der Waals surface area (Å²) in [6.07, 6.45) is 0.907. The second-order valence-electron chi connectivity index (χ2n) is 11.5. The van der Waals surface area contributed by atoms with Gasteiger partial charge in [0.1, 0.15) is 22.9 Å². The molecule has 4 rings (SSSR count). The van der Waals surface area contributed by atoms with E-state index in [0.29, 0.717) is 16.9 Å². The van der Waals surface area contributed by atoms with E-state index in [1.807, 2.05) is 13.8 Å². The minimum atomic E-state index is -0.991. The fourth-order valence-corrected chi connectivity index (χ4v) is 5.10. The van der Waals surface area contributed by atoms with Gasteiger partial charge in [0.15, 0.2) is 5.65 Å². The number of carbonyl (C=O) groups is 1. The van der Waals surface area contributed by atoms with E-state index in [9.17, 15) is 19.7 Å². The summed E-state index contributed by atoms with van der Waals surface area (Å²) in [6, 6.07) is 7.29. The molecule has 0 spiro atoms. The quantitative estimate of drug-likeness (QED) is 0.118. The lowest BCUT2D eigenvalue weighted by Gasteiger charge is -2.21. The predicted molar refractivity (Wildman–Crippen MR) is 170 cm³/mol. The number of fused-ring (bicyclic) bond motifs is 1. The molecule has 0 bridgehead atoms. The standard InChI is InChI=1S/C31H34ClFN6O6/c1-16(2)23-26(17(3)11-12-34-23)38-28-18(15-19(32)25(37-28)22-20(33)9-8-10-21(22)44-7)24(27(29(38)40)39(42)43)35-13-14-36-30(41)45-31(4,5)6/h8-12,15-16,35H,13-14H2,1-7H3,(H,36,41). The van der Waals surface area contributed by atoms with Gasteiger partial charge in [-0.05, 0) is 63.4 Å². The SMILES string of the molecule is COc1cccc(F)c1-c1nc2c(cc1Cl)c(NCCNC(=O)OC(C)(C)C)c([N+](=O)[O-])c(=O)n2-c1c(C)ccnc1C(C)C. The molecule has 0 aliphatic carbocycles. The number of amides is 1. The molecule has 3 heterocycles. The number of halogens is 2. The van der Waals surface area contributed by atoms with Crippen molar-refractivity contribution >= 4 is 40.1 Å². The molecule has 1 aromatic carbocycles. The second-order valence-corrected chi connectivity index (χ2v) is 11.9. The molecule has 0 saturated carbocycles. The van der Waals surface area contributed by atoms with E-state index in [1.54, 1.807) is 40.0 Å². The normalized spacial score (nSPS) is 11.5. The van der Waals surface area contributed by atoms with Crippen molar-refractivity contribution in [2.45, 2.75) is 53.1 Å². The van der Waals surface area contributed by atoms with Crippen molar-refractivity contribution in [3.8, 4) is 22.7 Å². The number of hydrogen-bond donors (Lipinski definition) is 2. The number of carbonyl (C=O) groups excluding carboxylic acids is 1. The van der Waals surface area contributed by atoms with E-state index in [-0.39, 0.29) is 57.8 Å². The van der Waals surface area contributed by atoms with E-state index in [2.05, 4.69) is 20.6 Å². The molecule has 3 aromatic heterocycles. The van der Waals surface area contributed by atoms with E-state index < -0.39 is 33.7 Å². The maximum atomic E-state index is 15.3. The predicted octanol–water partition coefficient (Wildman–Crippen LogP) is 6.53. The first-order valence-electron chi connectivity index (χ1n) is 14.1. The molecule has 2 N–H and O–H groups in total. The zero-order valence-electron chi connectivity index (χ0n) is 25.9. The van der Waals surface area contributed by atoms with Gasteiger partial charge < -0.3 is 20.1 Å². The first kappa shape index (κ1) is 33.1. The number of pyridine rings is 3. The van der Waals surface area contributed by atoms with Crippen LogP contribution in [0.5, 0.6) is 5.75 Å². The summed E-state index contributed by atoms with van der Waals surface area (Å²) in [5.41, 5.74) is -1.36. The molecule has 45 heavy (non-hydrogen) atoms. The van der Waals surface area contributed by atoms with Gasteiger partial charge in [0.05, 0.1) is 39.7 Å². The number of aryl methyl sites for hydroxylation is 1. The highest BCUT2D eigenvalue weighted by molar-refractivity contribution is 6.34. The minimum Gasteiger partial charge on any atom is -0.496 e. The number of nitro groups is 1. The van der Waals surface area contributed by atoms with Crippen LogP contribution in [-0.4, -0.2) is 51.4 Å². The van der Waals surface area contributed by atoms with Crippen LogP contribution in [-0.2, 0) is 4.74 Å². The Morgan fingerprint density at radius 3 is 2.56 bits per heavy atom. The average molecular weight is 641 g/mol. The van der Waals surface area contributed by atoms with Crippen molar-refractivity contribution < 1.29 is 23.6 Å². The molecule has 4 aromatic rings. The number of nitrogens with one attached hydrogen (secondary N) is 2. The number of rotatable bonds is 9. The largest absolute Gasteiger partial charge is 0.496 e. The van der Waals surface area contributed by atoms with E-state index >= 15 is 4.39 Å². The molecule has 0 radical (unpaired) electrons. The summed E-state index contributed by atoms with van der Waals surface area (Å²) < 4.78 is 27.0.